The number of carbonyl (C=O) groups is 4. The first-order valence-corrected chi connectivity index (χ1v) is 16.0. The van der Waals surface area contributed by atoms with Crippen LogP contribution in [0, 0.1) is 10.8 Å². The summed E-state index contributed by atoms with van der Waals surface area (Å²) in [6.45, 7) is 26.5. The second-order valence-electron chi connectivity index (χ2n) is 15.4. The normalized spacial score (nSPS) is 13.8. The van der Waals surface area contributed by atoms with Gasteiger partial charge < -0.3 is 41.4 Å². The van der Waals surface area contributed by atoms with Crippen molar-refractivity contribution in [3.8, 4) is 0 Å². The Bertz CT molecular complexity index is 812. The summed E-state index contributed by atoms with van der Waals surface area (Å²) < 4.78 is 10.6. The standard InChI is InChI=1S/C32H64N6O6/c1-29(2,3)23(37-27(41)43-31(7,8)9)25(39)35-21-15-19-33-17-13-14-18-34-20-16-22-36-26(40)24(30(4,5)6)38-28(42)44-32(10,11)12/h23-24,33-34H,13-22H2,1-12H3,(H,35,39)(H,36,40)(H,37,41)(H,38,42)/t23-,24-/m1/s1. The molecule has 0 aliphatic rings. The molecule has 6 N–H and O–H groups in total. The Hall–Kier alpha value is -2.60. The highest BCUT2D eigenvalue weighted by atomic mass is 16.6. The van der Waals surface area contributed by atoms with Gasteiger partial charge in [0, 0.05) is 13.1 Å². The van der Waals surface area contributed by atoms with Crippen molar-refractivity contribution in [1.82, 2.24) is 31.9 Å². The van der Waals surface area contributed by atoms with Gasteiger partial charge in [-0.25, -0.2) is 9.59 Å². The SMILES string of the molecule is CC(C)(C)OC(=O)N[C@H](C(=O)NCCCNCCCCNCCCNC(=O)[C@@H](NC(=O)OC(C)(C)C)C(C)(C)C)C(C)(C)C. The molecule has 12 nitrogen and oxygen atoms in total. The van der Waals surface area contributed by atoms with E-state index in [9.17, 15) is 19.2 Å². The van der Waals surface area contributed by atoms with Gasteiger partial charge in [0.15, 0.2) is 0 Å². The number of hydrogen-bond acceptors (Lipinski definition) is 8. The van der Waals surface area contributed by atoms with Crippen LogP contribution in [-0.4, -0.2) is 86.6 Å². The smallest absolute Gasteiger partial charge is 0.408 e. The van der Waals surface area contributed by atoms with Gasteiger partial charge in [0.2, 0.25) is 11.8 Å². The summed E-state index contributed by atoms with van der Waals surface area (Å²) in [6, 6.07) is -1.40. The van der Waals surface area contributed by atoms with Crippen LogP contribution in [0.25, 0.3) is 0 Å². The lowest BCUT2D eigenvalue weighted by molar-refractivity contribution is -0.126. The fourth-order valence-corrected chi connectivity index (χ4v) is 4.01. The van der Waals surface area contributed by atoms with E-state index in [1.54, 1.807) is 41.5 Å². The van der Waals surface area contributed by atoms with Gasteiger partial charge in [-0.1, -0.05) is 41.5 Å². The summed E-state index contributed by atoms with van der Waals surface area (Å²) in [5.41, 5.74) is -2.19. The maximum atomic E-state index is 12.7. The zero-order valence-corrected chi connectivity index (χ0v) is 29.7. The Kier molecular flexibility index (Phi) is 17.9. The first-order valence-electron chi connectivity index (χ1n) is 16.0. The van der Waals surface area contributed by atoms with Crippen molar-refractivity contribution < 1.29 is 28.7 Å². The maximum absolute atomic E-state index is 12.7. The molecule has 0 aromatic heterocycles. The minimum Gasteiger partial charge on any atom is -0.444 e. The van der Waals surface area contributed by atoms with Crippen LogP contribution in [0.5, 0.6) is 0 Å². The largest absolute Gasteiger partial charge is 0.444 e. The number of hydrogen-bond donors (Lipinski definition) is 6. The minimum absolute atomic E-state index is 0.222. The molecule has 258 valence electrons. The van der Waals surface area contributed by atoms with E-state index in [2.05, 4.69) is 31.9 Å². The van der Waals surface area contributed by atoms with Crippen LogP contribution in [0.3, 0.4) is 0 Å². The lowest BCUT2D eigenvalue weighted by atomic mass is 9.86. The van der Waals surface area contributed by atoms with Crippen molar-refractivity contribution in [3.63, 3.8) is 0 Å². The van der Waals surface area contributed by atoms with Crippen LogP contribution in [0.2, 0.25) is 0 Å². The van der Waals surface area contributed by atoms with Crippen LogP contribution in [0.4, 0.5) is 9.59 Å². The zero-order valence-electron chi connectivity index (χ0n) is 29.7. The summed E-state index contributed by atoms with van der Waals surface area (Å²) in [4.78, 5) is 49.8. The van der Waals surface area contributed by atoms with E-state index in [4.69, 9.17) is 9.47 Å². The van der Waals surface area contributed by atoms with E-state index in [1.165, 1.54) is 0 Å². The molecule has 0 bridgehead atoms. The predicted molar refractivity (Wildman–Crippen MR) is 175 cm³/mol. The Labute approximate surface area is 266 Å². The number of nitrogens with one attached hydrogen (secondary N) is 6. The number of unbranched alkanes of at least 4 members (excludes halogenated alkanes) is 1. The third-order valence-electron chi connectivity index (χ3n) is 6.19. The van der Waals surface area contributed by atoms with Crippen LogP contribution in [0.15, 0.2) is 0 Å². The molecule has 0 rings (SSSR count). The molecule has 0 aliphatic carbocycles. The number of alkyl carbamates (subject to hydrolysis) is 2. The van der Waals surface area contributed by atoms with Crippen LogP contribution < -0.4 is 31.9 Å². The quantitative estimate of drug-likeness (QED) is 0.133. The van der Waals surface area contributed by atoms with Gasteiger partial charge >= 0.3 is 12.2 Å². The van der Waals surface area contributed by atoms with Gasteiger partial charge in [-0.3, -0.25) is 9.59 Å². The Morgan fingerprint density at radius 1 is 0.477 bits per heavy atom. The molecule has 0 aliphatic heterocycles. The first kappa shape index (κ1) is 41.4. The molecule has 0 aromatic rings. The monoisotopic (exact) mass is 628 g/mol. The molecule has 0 radical (unpaired) electrons. The number of carbonyl (C=O) groups excluding carboxylic acids is 4. The summed E-state index contributed by atoms with van der Waals surface area (Å²) in [5.74, 6) is -0.444. The number of rotatable bonds is 17. The van der Waals surface area contributed by atoms with Crippen LogP contribution in [-0.2, 0) is 19.1 Å². The maximum Gasteiger partial charge on any atom is 0.408 e. The molecule has 12 heteroatoms. The van der Waals surface area contributed by atoms with Gasteiger partial charge in [-0.15, -0.1) is 0 Å². The molecule has 0 heterocycles. The van der Waals surface area contributed by atoms with E-state index in [-0.39, 0.29) is 11.8 Å². The van der Waals surface area contributed by atoms with E-state index in [0.29, 0.717) is 13.1 Å². The fraction of sp³-hybridized carbons (Fsp3) is 0.875. The molecular formula is C32H64N6O6. The lowest BCUT2D eigenvalue weighted by Crippen LogP contribution is -2.54. The Morgan fingerprint density at radius 3 is 1.05 bits per heavy atom. The second kappa shape index (κ2) is 19.0. The average molecular weight is 629 g/mol. The van der Waals surface area contributed by atoms with Crippen molar-refractivity contribution in [2.75, 3.05) is 39.3 Å². The van der Waals surface area contributed by atoms with E-state index < -0.39 is 46.3 Å². The van der Waals surface area contributed by atoms with Crippen molar-refractivity contribution >= 4 is 24.0 Å². The second-order valence-corrected chi connectivity index (χ2v) is 15.4. The predicted octanol–water partition coefficient (Wildman–Crippen LogP) is 3.84. The highest BCUT2D eigenvalue weighted by Gasteiger charge is 2.35. The van der Waals surface area contributed by atoms with Crippen molar-refractivity contribution in [3.05, 3.63) is 0 Å². The van der Waals surface area contributed by atoms with Gasteiger partial charge in [0.1, 0.15) is 23.3 Å². The fourth-order valence-electron chi connectivity index (χ4n) is 4.01. The molecule has 4 amide bonds. The molecular weight excluding hydrogens is 564 g/mol. The molecule has 0 spiro atoms. The van der Waals surface area contributed by atoms with Gasteiger partial charge in [0.05, 0.1) is 0 Å². The Balaban J connectivity index is 4.05. The molecule has 0 aromatic carbocycles. The van der Waals surface area contributed by atoms with E-state index in [0.717, 1.165) is 51.9 Å². The number of amides is 4. The number of ether oxygens (including phenoxy) is 2. The average Bonchev–Trinajstić information content (AvgIpc) is 2.82. The third-order valence-corrected chi connectivity index (χ3v) is 6.19. The molecule has 0 fully saturated rings. The summed E-state index contributed by atoms with van der Waals surface area (Å²) in [6.07, 6.45) is 2.39. The third kappa shape index (κ3) is 21.2. The zero-order chi connectivity index (χ0) is 34.2. The van der Waals surface area contributed by atoms with Crippen molar-refractivity contribution in [1.29, 1.82) is 0 Å². The molecule has 0 unspecified atom stereocenters. The summed E-state index contributed by atoms with van der Waals surface area (Å²) in [5, 5.41) is 18.0. The van der Waals surface area contributed by atoms with Gasteiger partial charge in [0.25, 0.3) is 0 Å². The molecule has 2 atom stereocenters. The lowest BCUT2D eigenvalue weighted by Gasteiger charge is -2.31. The highest BCUT2D eigenvalue weighted by Crippen LogP contribution is 2.21. The van der Waals surface area contributed by atoms with Crippen molar-refractivity contribution in [2.45, 2.75) is 132 Å². The molecule has 0 saturated heterocycles. The minimum atomic E-state index is -0.698. The topological polar surface area (TPSA) is 159 Å². The van der Waals surface area contributed by atoms with Crippen molar-refractivity contribution in [2.24, 2.45) is 10.8 Å². The summed E-state index contributed by atoms with van der Waals surface area (Å²) in [7, 11) is 0. The van der Waals surface area contributed by atoms with Gasteiger partial charge in [-0.05, 0) is 104 Å². The molecule has 0 saturated carbocycles. The highest BCUT2D eigenvalue weighted by molar-refractivity contribution is 5.87. The van der Waals surface area contributed by atoms with E-state index in [1.807, 2.05) is 41.5 Å². The summed E-state index contributed by atoms with van der Waals surface area (Å²) >= 11 is 0. The first-order chi connectivity index (χ1) is 20.0. The Morgan fingerprint density at radius 2 is 0.773 bits per heavy atom. The molecule has 44 heavy (non-hydrogen) atoms. The van der Waals surface area contributed by atoms with Crippen LogP contribution in [0.1, 0.15) is 109 Å². The van der Waals surface area contributed by atoms with Gasteiger partial charge in [-0.2, -0.15) is 0 Å². The van der Waals surface area contributed by atoms with Crippen LogP contribution >= 0.6 is 0 Å². The van der Waals surface area contributed by atoms with E-state index >= 15 is 0 Å².